The van der Waals surface area contributed by atoms with Crippen LogP contribution in [0.1, 0.15) is 33.3 Å². The average Bonchev–Trinajstić information content (AvgIpc) is 2.15. The SMILES string of the molecule is CC(C)(C)OC(=O)[C@@](C)(N)Cc1ccccc1. The quantitative estimate of drug-likeness (QED) is 0.818. The van der Waals surface area contributed by atoms with Crippen LogP contribution in [-0.4, -0.2) is 17.1 Å². The third-order valence-electron chi connectivity index (χ3n) is 2.28. The lowest BCUT2D eigenvalue weighted by Crippen LogP contribution is -2.50. The van der Waals surface area contributed by atoms with E-state index in [2.05, 4.69) is 0 Å². The zero-order valence-corrected chi connectivity index (χ0v) is 11.0. The monoisotopic (exact) mass is 235 g/mol. The van der Waals surface area contributed by atoms with Crippen molar-refractivity contribution in [1.29, 1.82) is 0 Å². The zero-order chi connectivity index (χ0) is 13.1. The molecule has 0 saturated carbocycles. The third kappa shape index (κ3) is 4.57. The van der Waals surface area contributed by atoms with Gasteiger partial charge in [0.1, 0.15) is 11.1 Å². The van der Waals surface area contributed by atoms with Crippen LogP contribution in [0.4, 0.5) is 0 Å². The molecule has 0 radical (unpaired) electrons. The minimum Gasteiger partial charge on any atom is -0.459 e. The van der Waals surface area contributed by atoms with Crippen LogP contribution in [0.15, 0.2) is 30.3 Å². The molecule has 17 heavy (non-hydrogen) atoms. The summed E-state index contributed by atoms with van der Waals surface area (Å²) in [6.07, 6.45) is 0.475. The molecule has 3 heteroatoms. The summed E-state index contributed by atoms with van der Waals surface area (Å²) >= 11 is 0. The van der Waals surface area contributed by atoms with Gasteiger partial charge in [0.25, 0.3) is 0 Å². The Morgan fingerprint density at radius 3 is 2.18 bits per heavy atom. The molecule has 0 amide bonds. The van der Waals surface area contributed by atoms with Crippen LogP contribution in [0.25, 0.3) is 0 Å². The number of ether oxygens (including phenoxy) is 1. The van der Waals surface area contributed by atoms with Crippen molar-refractivity contribution in [3.8, 4) is 0 Å². The largest absolute Gasteiger partial charge is 0.459 e. The first-order valence-electron chi connectivity index (χ1n) is 5.77. The molecule has 94 valence electrons. The minimum atomic E-state index is -0.991. The Bertz CT molecular complexity index is 377. The van der Waals surface area contributed by atoms with Crippen LogP contribution in [0.3, 0.4) is 0 Å². The highest BCUT2D eigenvalue weighted by Crippen LogP contribution is 2.16. The second-order valence-electron chi connectivity index (χ2n) is 5.58. The van der Waals surface area contributed by atoms with Gasteiger partial charge in [-0.05, 0) is 33.3 Å². The van der Waals surface area contributed by atoms with Crippen molar-refractivity contribution in [3.05, 3.63) is 35.9 Å². The van der Waals surface area contributed by atoms with Gasteiger partial charge in [0.05, 0.1) is 0 Å². The maximum Gasteiger partial charge on any atom is 0.326 e. The molecule has 0 aliphatic carbocycles. The first-order valence-corrected chi connectivity index (χ1v) is 5.77. The van der Waals surface area contributed by atoms with Crippen LogP contribution in [0, 0.1) is 0 Å². The predicted molar refractivity (Wildman–Crippen MR) is 68.6 cm³/mol. The lowest BCUT2D eigenvalue weighted by Gasteiger charge is -2.28. The highest BCUT2D eigenvalue weighted by molar-refractivity contribution is 5.80. The second-order valence-corrected chi connectivity index (χ2v) is 5.58. The van der Waals surface area contributed by atoms with Gasteiger partial charge in [0.15, 0.2) is 0 Å². The molecular formula is C14H21NO2. The molecule has 0 fully saturated rings. The van der Waals surface area contributed by atoms with E-state index in [9.17, 15) is 4.79 Å². The van der Waals surface area contributed by atoms with Gasteiger partial charge in [-0.3, -0.25) is 4.79 Å². The maximum absolute atomic E-state index is 11.9. The summed E-state index contributed by atoms with van der Waals surface area (Å²) in [7, 11) is 0. The van der Waals surface area contributed by atoms with Crippen LogP contribution < -0.4 is 5.73 Å². The maximum atomic E-state index is 11.9. The van der Waals surface area contributed by atoms with Gasteiger partial charge in [-0.25, -0.2) is 0 Å². The molecule has 2 N–H and O–H groups in total. The van der Waals surface area contributed by atoms with Gasteiger partial charge in [-0.1, -0.05) is 30.3 Å². The molecule has 1 aromatic rings. The smallest absolute Gasteiger partial charge is 0.326 e. The molecule has 0 bridgehead atoms. The molecule has 0 aromatic heterocycles. The Kier molecular flexibility index (Phi) is 3.94. The highest BCUT2D eigenvalue weighted by Gasteiger charge is 2.33. The van der Waals surface area contributed by atoms with Crippen LogP contribution in [-0.2, 0) is 16.0 Å². The summed E-state index contributed by atoms with van der Waals surface area (Å²) in [5, 5.41) is 0. The normalized spacial score (nSPS) is 15.1. The van der Waals surface area contributed by atoms with Crippen LogP contribution in [0.2, 0.25) is 0 Å². The highest BCUT2D eigenvalue weighted by atomic mass is 16.6. The molecule has 0 saturated heterocycles. The molecule has 0 spiro atoms. The van der Waals surface area contributed by atoms with Crippen LogP contribution in [0.5, 0.6) is 0 Å². The van der Waals surface area contributed by atoms with E-state index in [0.29, 0.717) is 6.42 Å². The minimum absolute atomic E-state index is 0.367. The fourth-order valence-electron chi connectivity index (χ4n) is 1.49. The lowest BCUT2D eigenvalue weighted by molar-refractivity contribution is -0.160. The molecule has 1 atom stereocenters. The van der Waals surface area contributed by atoms with E-state index in [-0.39, 0.29) is 5.97 Å². The van der Waals surface area contributed by atoms with Gasteiger partial charge in [0.2, 0.25) is 0 Å². The van der Waals surface area contributed by atoms with Crippen molar-refractivity contribution in [3.63, 3.8) is 0 Å². The van der Waals surface area contributed by atoms with Gasteiger partial charge < -0.3 is 10.5 Å². The molecule has 3 nitrogen and oxygen atoms in total. The summed E-state index contributed by atoms with van der Waals surface area (Å²) in [5.74, 6) is -0.367. The predicted octanol–water partition coefficient (Wildman–Crippen LogP) is 2.29. The number of nitrogens with two attached hydrogens (primary N) is 1. The van der Waals surface area contributed by atoms with Gasteiger partial charge in [-0.15, -0.1) is 0 Å². The van der Waals surface area contributed by atoms with Gasteiger partial charge in [0, 0.05) is 6.42 Å². The van der Waals surface area contributed by atoms with Crippen LogP contribution >= 0.6 is 0 Å². The third-order valence-corrected chi connectivity index (χ3v) is 2.28. The van der Waals surface area contributed by atoms with E-state index < -0.39 is 11.1 Å². The van der Waals surface area contributed by atoms with Gasteiger partial charge >= 0.3 is 5.97 Å². The number of hydrogen-bond donors (Lipinski definition) is 1. The lowest BCUT2D eigenvalue weighted by atomic mass is 9.94. The number of benzene rings is 1. The van der Waals surface area contributed by atoms with Gasteiger partial charge in [-0.2, -0.15) is 0 Å². The first-order chi connectivity index (χ1) is 7.71. The van der Waals surface area contributed by atoms with E-state index in [0.717, 1.165) is 5.56 Å². The summed E-state index contributed by atoms with van der Waals surface area (Å²) in [6, 6.07) is 9.71. The van der Waals surface area contributed by atoms with Crippen molar-refractivity contribution >= 4 is 5.97 Å². The number of carbonyl (C=O) groups is 1. The number of carbonyl (C=O) groups excluding carboxylic acids is 1. The zero-order valence-electron chi connectivity index (χ0n) is 11.0. The molecule has 1 aromatic carbocycles. The summed E-state index contributed by atoms with van der Waals surface area (Å²) in [6.45, 7) is 7.21. The van der Waals surface area contributed by atoms with Crippen molar-refractivity contribution in [2.24, 2.45) is 5.73 Å². The summed E-state index contributed by atoms with van der Waals surface area (Å²) in [5.41, 5.74) is 5.56. The second kappa shape index (κ2) is 4.88. The van der Waals surface area contributed by atoms with Crippen molar-refractivity contribution in [1.82, 2.24) is 0 Å². The first kappa shape index (κ1) is 13.7. The van der Waals surface area contributed by atoms with E-state index in [1.165, 1.54) is 0 Å². The molecule has 0 aliphatic heterocycles. The fourth-order valence-corrected chi connectivity index (χ4v) is 1.49. The molecule has 0 unspecified atom stereocenters. The number of esters is 1. The molecule has 0 aliphatic rings. The van der Waals surface area contributed by atoms with E-state index in [1.54, 1.807) is 6.92 Å². The van der Waals surface area contributed by atoms with E-state index in [4.69, 9.17) is 10.5 Å². The number of hydrogen-bond acceptors (Lipinski definition) is 3. The summed E-state index contributed by atoms with van der Waals surface area (Å²) in [4.78, 5) is 11.9. The van der Waals surface area contributed by atoms with Crippen molar-refractivity contribution in [2.45, 2.75) is 45.3 Å². The number of rotatable bonds is 3. The molecular weight excluding hydrogens is 214 g/mol. The summed E-state index contributed by atoms with van der Waals surface area (Å²) < 4.78 is 5.31. The average molecular weight is 235 g/mol. The Morgan fingerprint density at radius 2 is 1.71 bits per heavy atom. The Balaban J connectivity index is 2.72. The standard InChI is InChI=1S/C14H21NO2/c1-13(2,3)17-12(16)14(4,15)10-11-8-6-5-7-9-11/h5-9H,10,15H2,1-4H3/t14-/m0/s1. The van der Waals surface area contributed by atoms with E-state index in [1.807, 2.05) is 51.1 Å². The van der Waals surface area contributed by atoms with Crippen molar-refractivity contribution < 1.29 is 9.53 Å². The molecule has 0 heterocycles. The Hall–Kier alpha value is -1.35. The Morgan fingerprint density at radius 1 is 1.18 bits per heavy atom. The Labute approximate surface area is 103 Å². The topological polar surface area (TPSA) is 52.3 Å². The molecule has 1 rings (SSSR count). The fraction of sp³-hybridized carbons (Fsp3) is 0.500. The van der Waals surface area contributed by atoms with Crippen molar-refractivity contribution in [2.75, 3.05) is 0 Å². The van der Waals surface area contributed by atoms with E-state index >= 15 is 0 Å².